The zero-order chi connectivity index (χ0) is 20.3. The van der Waals surface area contributed by atoms with Crippen LogP contribution in [0, 0.1) is 24.4 Å². The summed E-state index contributed by atoms with van der Waals surface area (Å²) in [5.41, 5.74) is 1.14. The Morgan fingerprint density at radius 3 is 2.54 bits per heavy atom. The number of nitrogens with zero attached hydrogens (tertiary/aromatic N) is 2. The number of hydrogen-bond acceptors (Lipinski definition) is 6. The Labute approximate surface area is 158 Å². The van der Waals surface area contributed by atoms with E-state index in [9.17, 15) is 18.0 Å². The van der Waals surface area contributed by atoms with Crippen molar-refractivity contribution in [2.45, 2.75) is 6.92 Å². The van der Waals surface area contributed by atoms with Crippen LogP contribution in [0.4, 0.5) is 36.3 Å². The molecule has 144 valence electrons. The minimum Gasteiger partial charge on any atom is -0.465 e. The summed E-state index contributed by atoms with van der Waals surface area (Å²) in [6.07, 6.45) is 0. The lowest BCUT2D eigenvalue weighted by molar-refractivity contribution is 0.0601. The second-order valence-corrected chi connectivity index (χ2v) is 5.76. The van der Waals surface area contributed by atoms with Gasteiger partial charge in [-0.15, -0.1) is 0 Å². The summed E-state index contributed by atoms with van der Waals surface area (Å²) in [7, 11) is 1.28. The number of nitrogens with one attached hydrogen (secondary N) is 2. The van der Waals surface area contributed by atoms with Crippen molar-refractivity contribution in [3.8, 4) is 0 Å². The van der Waals surface area contributed by atoms with Crippen LogP contribution in [0.1, 0.15) is 16.1 Å². The Hall–Kier alpha value is -3.62. The van der Waals surface area contributed by atoms with Gasteiger partial charge in [0.15, 0.2) is 17.5 Å². The number of carbonyl (C=O) groups is 1. The highest BCUT2D eigenvalue weighted by Crippen LogP contribution is 2.24. The summed E-state index contributed by atoms with van der Waals surface area (Å²) in [5, 5.41) is 5.53. The molecule has 2 aromatic carbocycles. The summed E-state index contributed by atoms with van der Waals surface area (Å²) in [6, 6.07) is 10.0. The smallest absolute Gasteiger partial charge is 0.337 e. The van der Waals surface area contributed by atoms with E-state index in [0.717, 1.165) is 12.1 Å². The molecule has 0 radical (unpaired) electrons. The fourth-order valence-corrected chi connectivity index (χ4v) is 2.42. The first-order valence-electron chi connectivity index (χ1n) is 8.09. The molecule has 1 aromatic heterocycles. The first kappa shape index (κ1) is 19.2. The molecule has 28 heavy (non-hydrogen) atoms. The minimum absolute atomic E-state index is 0.0171. The number of hydrogen-bond donors (Lipinski definition) is 2. The van der Waals surface area contributed by atoms with Crippen molar-refractivity contribution in [1.82, 2.24) is 9.97 Å². The monoisotopic (exact) mass is 388 g/mol. The van der Waals surface area contributed by atoms with Gasteiger partial charge in [0, 0.05) is 17.4 Å². The molecule has 3 aromatic rings. The van der Waals surface area contributed by atoms with E-state index in [0.29, 0.717) is 22.8 Å². The van der Waals surface area contributed by atoms with E-state index in [4.69, 9.17) is 0 Å². The van der Waals surface area contributed by atoms with E-state index in [1.165, 1.54) is 7.11 Å². The molecule has 0 aliphatic carbocycles. The fourth-order valence-electron chi connectivity index (χ4n) is 2.42. The number of carbonyl (C=O) groups excluding carboxylic acids is 1. The summed E-state index contributed by atoms with van der Waals surface area (Å²) in [4.78, 5) is 19.9. The van der Waals surface area contributed by atoms with Crippen LogP contribution < -0.4 is 10.6 Å². The number of ether oxygens (including phenoxy) is 1. The Bertz CT molecular complexity index is 1040. The molecule has 1 heterocycles. The Morgan fingerprint density at radius 2 is 1.79 bits per heavy atom. The Kier molecular flexibility index (Phi) is 5.44. The van der Waals surface area contributed by atoms with Crippen LogP contribution in [0.3, 0.4) is 0 Å². The third kappa shape index (κ3) is 4.20. The predicted octanol–water partition coefficient (Wildman–Crippen LogP) is 4.48. The molecule has 3 rings (SSSR count). The third-order valence-corrected chi connectivity index (χ3v) is 3.69. The van der Waals surface area contributed by atoms with Gasteiger partial charge in [-0.25, -0.2) is 22.9 Å². The largest absolute Gasteiger partial charge is 0.465 e. The molecule has 0 saturated heterocycles. The van der Waals surface area contributed by atoms with E-state index in [1.54, 1.807) is 37.3 Å². The lowest BCUT2D eigenvalue weighted by Gasteiger charge is -2.11. The lowest BCUT2D eigenvalue weighted by atomic mass is 10.2. The third-order valence-electron chi connectivity index (χ3n) is 3.69. The van der Waals surface area contributed by atoms with Crippen molar-refractivity contribution in [3.63, 3.8) is 0 Å². The van der Waals surface area contributed by atoms with Gasteiger partial charge in [0.25, 0.3) is 0 Å². The van der Waals surface area contributed by atoms with Crippen molar-refractivity contribution < 1.29 is 22.7 Å². The highest BCUT2D eigenvalue weighted by Gasteiger charge is 2.15. The summed E-state index contributed by atoms with van der Waals surface area (Å²) in [5.74, 6) is -4.41. The van der Waals surface area contributed by atoms with Gasteiger partial charge in [-0.3, -0.25) is 0 Å². The molecule has 0 bridgehead atoms. The molecular weight excluding hydrogens is 373 g/mol. The standard InChI is InChI=1S/C19H15F3N4O2/c1-10-8-15(24-12-5-3-4-11(9-12)18(27)28-2)26-19(23-10)25-14-7-6-13(20)16(21)17(14)22/h3-9H,1-2H3,(H2,23,24,25,26). The highest BCUT2D eigenvalue weighted by molar-refractivity contribution is 5.90. The van der Waals surface area contributed by atoms with Crippen molar-refractivity contribution in [2.24, 2.45) is 0 Å². The summed E-state index contributed by atoms with van der Waals surface area (Å²) in [6.45, 7) is 1.69. The molecule has 0 aliphatic rings. The molecule has 0 aliphatic heterocycles. The zero-order valence-corrected chi connectivity index (χ0v) is 14.9. The second-order valence-electron chi connectivity index (χ2n) is 5.76. The van der Waals surface area contributed by atoms with Crippen LogP contribution in [0.2, 0.25) is 0 Å². The lowest BCUT2D eigenvalue weighted by Crippen LogP contribution is -2.05. The predicted molar refractivity (Wildman–Crippen MR) is 97.4 cm³/mol. The summed E-state index contributed by atoms with van der Waals surface area (Å²) < 4.78 is 45.0. The van der Waals surface area contributed by atoms with Gasteiger partial charge in [-0.1, -0.05) is 6.07 Å². The number of aryl methyl sites for hydroxylation is 1. The molecule has 2 N–H and O–H groups in total. The first-order chi connectivity index (χ1) is 13.4. The van der Waals surface area contributed by atoms with Crippen LogP contribution in [0.15, 0.2) is 42.5 Å². The van der Waals surface area contributed by atoms with E-state index in [1.807, 2.05) is 0 Å². The molecule has 0 unspecified atom stereocenters. The van der Waals surface area contributed by atoms with Crippen molar-refractivity contribution in [3.05, 3.63) is 71.2 Å². The van der Waals surface area contributed by atoms with Crippen LogP contribution >= 0.6 is 0 Å². The van der Waals surface area contributed by atoms with Gasteiger partial charge in [-0.05, 0) is 37.3 Å². The van der Waals surface area contributed by atoms with E-state index in [2.05, 4.69) is 25.3 Å². The topological polar surface area (TPSA) is 76.1 Å². The zero-order valence-electron chi connectivity index (χ0n) is 14.9. The molecule has 6 nitrogen and oxygen atoms in total. The Morgan fingerprint density at radius 1 is 1.00 bits per heavy atom. The molecule has 0 fully saturated rings. The minimum atomic E-state index is -1.59. The number of methoxy groups -OCH3 is 1. The number of rotatable bonds is 5. The van der Waals surface area contributed by atoms with E-state index >= 15 is 0 Å². The van der Waals surface area contributed by atoms with E-state index in [-0.39, 0.29) is 11.6 Å². The highest BCUT2D eigenvalue weighted by atomic mass is 19.2. The van der Waals surface area contributed by atoms with Gasteiger partial charge in [-0.2, -0.15) is 4.98 Å². The van der Waals surface area contributed by atoms with Crippen molar-refractivity contribution in [1.29, 1.82) is 0 Å². The van der Waals surface area contributed by atoms with Gasteiger partial charge in [0.2, 0.25) is 5.95 Å². The van der Waals surface area contributed by atoms with Crippen molar-refractivity contribution in [2.75, 3.05) is 17.7 Å². The van der Waals surface area contributed by atoms with Crippen LogP contribution in [-0.4, -0.2) is 23.0 Å². The number of esters is 1. The molecular formula is C19H15F3N4O2. The molecule has 0 amide bonds. The second kappa shape index (κ2) is 7.95. The fraction of sp³-hybridized carbons (Fsp3) is 0.105. The molecule has 0 atom stereocenters. The number of aromatic nitrogens is 2. The Balaban J connectivity index is 1.86. The van der Waals surface area contributed by atoms with Crippen LogP contribution in [-0.2, 0) is 4.74 Å². The van der Waals surface area contributed by atoms with Gasteiger partial charge >= 0.3 is 5.97 Å². The molecule has 0 saturated carbocycles. The maximum atomic E-state index is 13.9. The SMILES string of the molecule is COC(=O)c1cccc(Nc2cc(C)nc(Nc3ccc(F)c(F)c3F)n2)c1. The first-order valence-corrected chi connectivity index (χ1v) is 8.09. The number of benzene rings is 2. The maximum Gasteiger partial charge on any atom is 0.337 e. The van der Waals surface area contributed by atoms with Gasteiger partial charge < -0.3 is 15.4 Å². The van der Waals surface area contributed by atoms with Crippen LogP contribution in [0.25, 0.3) is 0 Å². The van der Waals surface area contributed by atoms with E-state index < -0.39 is 23.4 Å². The number of halogens is 3. The quantitative estimate of drug-likeness (QED) is 0.496. The molecule has 9 heteroatoms. The normalized spacial score (nSPS) is 10.5. The molecule has 0 spiro atoms. The maximum absolute atomic E-state index is 13.9. The van der Waals surface area contributed by atoms with Gasteiger partial charge in [0.05, 0.1) is 18.4 Å². The van der Waals surface area contributed by atoms with Crippen molar-refractivity contribution >= 4 is 29.1 Å². The number of anilines is 4. The average molecular weight is 388 g/mol. The van der Waals surface area contributed by atoms with Gasteiger partial charge in [0.1, 0.15) is 5.82 Å². The average Bonchev–Trinajstić information content (AvgIpc) is 2.67. The van der Waals surface area contributed by atoms with Crippen LogP contribution in [0.5, 0.6) is 0 Å². The summed E-state index contributed by atoms with van der Waals surface area (Å²) >= 11 is 0.